The van der Waals surface area contributed by atoms with Gasteiger partial charge in [-0.1, -0.05) is 153 Å². The Morgan fingerprint density at radius 3 is 1.84 bits per heavy atom. The van der Waals surface area contributed by atoms with E-state index >= 15 is 0 Å². The quantitative estimate of drug-likeness (QED) is 0.176. The summed E-state index contributed by atoms with van der Waals surface area (Å²) in [5.41, 5.74) is 13.7. The molecule has 8 aromatic carbocycles. The van der Waals surface area contributed by atoms with Crippen molar-refractivity contribution >= 4 is 59.3 Å². The standard InChI is InChI=1S/C49H35NS/c1-49(2)43-19-11-9-17-38(43)39-26-25-36(31-44(39)49)50(35-23-21-33(22-24-35)32-13-5-3-6-14-32)45-30-29-37(34-15-7-4-8-16-34)47-42(45)28-27-41-40-18-10-12-20-46(40)51-48(41)47/h3-31H,1-2H3. The lowest BCUT2D eigenvalue weighted by atomic mass is 9.82. The molecular formula is C49H35NS. The molecule has 51 heavy (non-hydrogen) atoms. The summed E-state index contributed by atoms with van der Waals surface area (Å²) in [7, 11) is 0. The van der Waals surface area contributed by atoms with Crippen molar-refractivity contribution < 1.29 is 0 Å². The zero-order valence-electron chi connectivity index (χ0n) is 28.6. The lowest BCUT2D eigenvalue weighted by molar-refractivity contribution is 0.660. The predicted molar refractivity (Wildman–Crippen MR) is 220 cm³/mol. The van der Waals surface area contributed by atoms with Crippen LogP contribution in [0.5, 0.6) is 0 Å². The third-order valence-electron chi connectivity index (χ3n) is 10.9. The van der Waals surface area contributed by atoms with Crippen molar-refractivity contribution in [1.29, 1.82) is 0 Å². The van der Waals surface area contributed by atoms with Gasteiger partial charge in [-0.05, 0) is 80.9 Å². The Morgan fingerprint density at radius 1 is 0.431 bits per heavy atom. The summed E-state index contributed by atoms with van der Waals surface area (Å²) in [6.45, 7) is 4.73. The van der Waals surface area contributed by atoms with E-state index in [0.29, 0.717) is 0 Å². The van der Waals surface area contributed by atoms with E-state index in [0.717, 1.165) is 11.4 Å². The van der Waals surface area contributed by atoms with Crippen LogP contribution < -0.4 is 4.90 Å². The second kappa shape index (κ2) is 11.6. The van der Waals surface area contributed by atoms with Gasteiger partial charge in [-0.2, -0.15) is 0 Å². The number of thiophene rings is 1. The van der Waals surface area contributed by atoms with Crippen LogP contribution in [0.4, 0.5) is 17.1 Å². The van der Waals surface area contributed by atoms with Crippen LogP contribution in [0.1, 0.15) is 25.0 Å². The van der Waals surface area contributed by atoms with E-state index in [-0.39, 0.29) is 5.41 Å². The molecule has 0 spiro atoms. The van der Waals surface area contributed by atoms with Crippen molar-refractivity contribution in [3.8, 4) is 33.4 Å². The second-order valence-electron chi connectivity index (χ2n) is 14.1. The Bertz CT molecular complexity index is 2760. The highest BCUT2D eigenvalue weighted by molar-refractivity contribution is 7.26. The molecule has 1 aliphatic rings. The number of nitrogens with zero attached hydrogens (tertiary/aromatic N) is 1. The maximum atomic E-state index is 2.48. The minimum atomic E-state index is -0.104. The minimum Gasteiger partial charge on any atom is -0.310 e. The van der Waals surface area contributed by atoms with Crippen molar-refractivity contribution in [3.63, 3.8) is 0 Å². The van der Waals surface area contributed by atoms with Crippen molar-refractivity contribution in [2.24, 2.45) is 0 Å². The van der Waals surface area contributed by atoms with Crippen molar-refractivity contribution in [2.75, 3.05) is 4.90 Å². The highest BCUT2D eigenvalue weighted by Crippen LogP contribution is 2.52. The Hall–Kier alpha value is -5.96. The highest BCUT2D eigenvalue weighted by Gasteiger charge is 2.36. The van der Waals surface area contributed by atoms with Gasteiger partial charge >= 0.3 is 0 Å². The summed E-state index contributed by atoms with van der Waals surface area (Å²) < 4.78 is 2.65. The molecular weight excluding hydrogens is 635 g/mol. The number of fused-ring (bicyclic) bond motifs is 8. The van der Waals surface area contributed by atoms with E-state index in [1.807, 2.05) is 11.3 Å². The third-order valence-corrected chi connectivity index (χ3v) is 12.1. The van der Waals surface area contributed by atoms with Crippen LogP contribution in [0, 0.1) is 0 Å². The van der Waals surface area contributed by atoms with Crippen LogP contribution >= 0.6 is 11.3 Å². The fraction of sp³-hybridized carbons (Fsp3) is 0.0612. The summed E-state index contributed by atoms with van der Waals surface area (Å²) in [5, 5.41) is 5.17. The molecule has 0 fully saturated rings. The first-order valence-electron chi connectivity index (χ1n) is 17.7. The van der Waals surface area contributed by atoms with Gasteiger partial charge in [0.1, 0.15) is 0 Å². The largest absolute Gasteiger partial charge is 0.310 e. The monoisotopic (exact) mass is 669 g/mol. The lowest BCUT2D eigenvalue weighted by Crippen LogP contribution is -2.16. The summed E-state index contributed by atoms with van der Waals surface area (Å²) in [6.07, 6.45) is 0. The molecule has 0 bridgehead atoms. The smallest absolute Gasteiger partial charge is 0.0540 e. The molecule has 1 nitrogen and oxygen atoms in total. The first-order valence-corrected chi connectivity index (χ1v) is 18.5. The minimum absolute atomic E-state index is 0.104. The summed E-state index contributed by atoms with van der Waals surface area (Å²) >= 11 is 1.90. The Labute approximate surface area is 302 Å². The number of hydrogen-bond acceptors (Lipinski definition) is 2. The summed E-state index contributed by atoms with van der Waals surface area (Å²) in [6, 6.07) is 64.8. The molecule has 9 aromatic rings. The molecule has 0 radical (unpaired) electrons. The molecule has 1 aliphatic carbocycles. The fourth-order valence-corrected chi connectivity index (χ4v) is 9.61. The van der Waals surface area contributed by atoms with Gasteiger partial charge in [0, 0.05) is 47.7 Å². The van der Waals surface area contributed by atoms with Crippen molar-refractivity contribution in [1.82, 2.24) is 0 Å². The maximum Gasteiger partial charge on any atom is 0.0540 e. The average Bonchev–Trinajstić information content (AvgIpc) is 3.68. The lowest BCUT2D eigenvalue weighted by Gasteiger charge is -2.29. The molecule has 0 saturated carbocycles. The van der Waals surface area contributed by atoms with Gasteiger partial charge < -0.3 is 4.90 Å². The van der Waals surface area contributed by atoms with Gasteiger partial charge in [-0.15, -0.1) is 11.3 Å². The molecule has 0 atom stereocenters. The van der Waals surface area contributed by atoms with Crippen molar-refractivity contribution in [2.45, 2.75) is 19.3 Å². The van der Waals surface area contributed by atoms with Gasteiger partial charge in [0.15, 0.2) is 0 Å². The van der Waals surface area contributed by atoms with Crippen LogP contribution in [0.2, 0.25) is 0 Å². The molecule has 2 heteroatoms. The third kappa shape index (κ3) is 4.67. The summed E-state index contributed by atoms with van der Waals surface area (Å²) in [4.78, 5) is 2.48. The maximum absolute atomic E-state index is 2.48. The fourth-order valence-electron chi connectivity index (χ4n) is 8.35. The van der Waals surface area contributed by atoms with E-state index in [1.54, 1.807) is 0 Å². The van der Waals surface area contributed by atoms with Gasteiger partial charge in [0.25, 0.3) is 0 Å². The van der Waals surface area contributed by atoms with E-state index in [1.165, 1.54) is 81.1 Å². The van der Waals surface area contributed by atoms with Crippen LogP contribution in [-0.4, -0.2) is 0 Å². The first kappa shape index (κ1) is 29.9. The van der Waals surface area contributed by atoms with Crippen LogP contribution in [0.15, 0.2) is 176 Å². The molecule has 1 aromatic heterocycles. The van der Waals surface area contributed by atoms with E-state index in [4.69, 9.17) is 0 Å². The number of rotatable bonds is 5. The number of anilines is 3. The van der Waals surface area contributed by atoms with E-state index in [2.05, 4.69) is 195 Å². The molecule has 0 aliphatic heterocycles. The highest BCUT2D eigenvalue weighted by atomic mass is 32.1. The van der Waals surface area contributed by atoms with E-state index < -0.39 is 0 Å². The molecule has 242 valence electrons. The van der Waals surface area contributed by atoms with Crippen LogP contribution in [0.25, 0.3) is 64.3 Å². The van der Waals surface area contributed by atoms with Gasteiger partial charge in [0.2, 0.25) is 0 Å². The number of benzene rings is 8. The molecule has 10 rings (SSSR count). The van der Waals surface area contributed by atoms with Crippen LogP contribution in [-0.2, 0) is 5.41 Å². The zero-order chi connectivity index (χ0) is 34.1. The topological polar surface area (TPSA) is 3.24 Å². The molecule has 1 heterocycles. The molecule has 0 saturated heterocycles. The Balaban J connectivity index is 1.25. The normalized spacial score (nSPS) is 13.1. The Morgan fingerprint density at radius 2 is 1.04 bits per heavy atom. The van der Waals surface area contributed by atoms with Gasteiger partial charge in [0.05, 0.1) is 5.69 Å². The summed E-state index contributed by atoms with van der Waals surface area (Å²) in [5.74, 6) is 0. The second-order valence-corrected chi connectivity index (χ2v) is 15.2. The zero-order valence-corrected chi connectivity index (χ0v) is 29.4. The Kier molecular flexibility index (Phi) is 6.78. The average molecular weight is 670 g/mol. The van der Waals surface area contributed by atoms with Gasteiger partial charge in [-0.3, -0.25) is 0 Å². The van der Waals surface area contributed by atoms with Crippen LogP contribution in [0.3, 0.4) is 0 Å². The SMILES string of the molecule is CC1(C)c2ccccc2-c2ccc(N(c3ccc(-c4ccccc4)cc3)c3ccc(-c4ccccc4)c4c3ccc3c5ccccc5sc34)cc21. The van der Waals surface area contributed by atoms with E-state index in [9.17, 15) is 0 Å². The number of hydrogen-bond donors (Lipinski definition) is 0. The van der Waals surface area contributed by atoms with Crippen molar-refractivity contribution in [3.05, 3.63) is 187 Å². The van der Waals surface area contributed by atoms with Gasteiger partial charge in [-0.25, -0.2) is 0 Å². The first-order chi connectivity index (χ1) is 25.1. The molecule has 0 unspecified atom stereocenters. The predicted octanol–water partition coefficient (Wildman–Crippen LogP) is 14.3. The molecule has 0 N–H and O–H groups in total. The molecule has 0 amide bonds.